The van der Waals surface area contributed by atoms with Gasteiger partial charge in [0, 0.05) is 35.8 Å². The lowest BCUT2D eigenvalue weighted by atomic mass is 10.2. The van der Waals surface area contributed by atoms with E-state index in [2.05, 4.69) is 67.6 Å². The summed E-state index contributed by atoms with van der Waals surface area (Å²) in [6.45, 7) is 5.40. The standard InChI is InChI=1S/C20H25BrN4O/c1-2-22-20(23-13-15-4-3-5-19(26)12-15)24-17-10-11-25(14-17)18-8-6-16(21)7-9-18/h3-9,12,17,26H,2,10-11,13-14H2,1H3,(H2,22,23,24). The van der Waals surface area contributed by atoms with Crippen molar-refractivity contribution in [3.63, 3.8) is 0 Å². The van der Waals surface area contributed by atoms with E-state index in [1.807, 2.05) is 12.1 Å². The van der Waals surface area contributed by atoms with E-state index in [9.17, 15) is 5.11 Å². The average molecular weight is 417 g/mol. The van der Waals surface area contributed by atoms with Crippen LogP contribution in [0.3, 0.4) is 0 Å². The molecule has 0 saturated carbocycles. The van der Waals surface area contributed by atoms with Crippen molar-refractivity contribution in [1.29, 1.82) is 0 Å². The molecule has 3 rings (SSSR count). The maximum atomic E-state index is 9.58. The molecular formula is C20H25BrN4O. The van der Waals surface area contributed by atoms with Crippen LogP contribution in [0.5, 0.6) is 5.75 Å². The summed E-state index contributed by atoms with van der Waals surface area (Å²) in [5.74, 6) is 1.09. The van der Waals surface area contributed by atoms with Gasteiger partial charge in [0.2, 0.25) is 0 Å². The molecule has 1 atom stereocenters. The minimum absolute atomic E-state index is 0.275. The third-order valence-corrected chi connectivity index (χ3v) is 4.92. The van der Waals surface area contributed by atoms with Crippen molar-refractivity contribution >= 4 is 27.6 Å². The highest BCUT2D eigenvalue weighted by Crippen LogP contribution is 2.22. The lowest BCUT2D eigenvalue weighted by Gasteiger charge is -2.20. The van der Waals surface area contributed by atoms with Crippen LogP contribution in [0, 0.1) is 0 Å². The van der Waals surface area contributed by atoms with Crippen LogP contribution in [0.25, 0.3) is 0 Å². The number of halogens is 1. The summed E-state index contributed by atoms with van der Waals surface area (Å²) in [5, 5.41) is 16.4. The van der Waals surface area contributed by atoms with Gasteiger partial charge in [-0.3, -0.25) is 0 Å². The Labute approximate surface area is 163 Å². The highest BCUT2D eigenvalue weighted by molar-refractivity contribution is 9.10. The van der Waals surface area contributed by atoms with E-state index in [0.29, 0.717) is 12.6 Å². The smallest absolute Gasteiger partial charge is 0.191 e. The Hall–Kier alpha value is -2.21. The second kappa shape index (κ2) is 8.94. The molecule has 26 heavy (non-hydrogen) atoms. The summed E-state index contributed by atoms with van der Waals surface area (Å²) in [4.78, 5) is 7.05. The molecule has 6 heteroatoms. The van der Waals surface area contributed by atoms with Crippen LogP contribution in [0.2, 0.25) is 0 Å². The van der Waals surface area contributed by atoms with Gasteiger partial charge in [-0.05, 0) is 55.3 Å². The van der Waals surface area contributed by atoms with E-state index in [1.54, 1.807) is 12.1 Å². The van der Waals surface area contributed by atoms with E-state index in [0.717, 1.165) is 42.1 Å². The van der Waals surface area contributed by atoms with Gasteiger partial charge >= 0.3 is 0 Å². The Morgan fingerprint density at radius 2 is 2.08 bits per heavy atom. The molecule has 0 bridgehead atoms. The molecule has 5 nitrogen and oxygen atoms in total. The minimum Gasteiger partial charge on any atom is -0.508 e. The van der Waals surface area contributed by atoms with Gasteiger partial charge in [0.05, 0.1) is 6.54 Å². The van der Waals surface area contributed by atoms with Crippen LogP contribution in [0.15, 0.2) is 58.0 Å². The SMILES string of the molecule is CCNC(=NCc1cccc(O)c1)NC1CCN(c2ccc(Br)cc2)C1. The first-order chi connectivity index (χ1) is 12.6. The van der Waals surface area contributed by atoms with E-state index in [-0.39, 0.29) is 5.75 Å². The first-order valence-corrected chi connectivity index (χ1v) is 9.76. The number of nitrogens with one attached hydrogen (secondary N) is 2. The Kier molecular flexibility index (Phi) is 6.39. The molecule has 0 spiro atoms. The number of guanidine groups is 1. The summed E-state index contributed by atoms with van der Waals surface area (Å²) in [6.07, 6.45) is 1.08. The topological polar surface area (TPSA) is 59.9 Å². The van der Waals surface area contributed by atoms with Gasteiger partial charge in [-0.15, -0.1) is 0 Å². The zero-order chi connectivity index (χ0) is 18.4. The molecule has 138 valence electrons. The fourth-order valence-electron chi connectivity index (χ4n) is 3.10. The van der Waals surface area contributed by atoms with Crippen molar-refractivity contribution in [3.05, 3.63) is 58.6 Å². The van der Waals surface area contributed by atoms with Gasteiger partial charge < -0.3 is 20.6 Å². The fraction of sp³-hybridized carbons (Fsp3) is 0.350. The Morgan fingerprint density at radius 1 is 1.27 bits per heavy atom. The highest BCUT2D eigenvalue weighted by atomic mass is 79.9. The first-order valence-electron chi connectivity index (χ1n) is 8.97. The molecule has 0 radical (unpaired) electrons. The number of aliphatic imine (C=N–C) groups is 1. The summed E-state index contributed by atoms with van der Waals surface area (Å²) in [5.41, 5.74) is 2.24. The predicted molar refractivity (Wildman–Crippen MR) is 111 cm³/mol. The van der Waals surface area contributed by atoms with E-state index >= 15 is 0 Å². The molecule has 1 unspecified atom stereocenters. The molecule has 1 fully saturated rings. The molecular weight excluding hydrogens is 392 g/mol. The molecule has 0 amide bonds. The second-order valence-corrected chi connectivity index (χ2v) is 7.33. The van der Waals surface area contributed by atoms with Crippen LogP contribution in [-0.4, -0.2) is 36.7 Å². The van der Waals surface area contributed by atoms with Crippen molar-refractivity contribution in [2.45, 2.75) is 25.9 Å². The largest absolute Gasteiger partial charge is 0.508 e. The van der Waals surface area contributed by atoms with Crippen LogP contribution >= 0.6 is 15.9 Å². The van der Waals surface area contributed by atoms with Crippen molar-refractivity contribution in [3.8, 4) is 5.75 Å². The maximum absolute atomic E-state index is 9.58. The van der Waals surface area contributed by atoms with Crippen LogP contribution in [0.4, 0.5) is 5.69 Å². The Balaban J connectivity index is 1.59. The van der Waals surface area contributed by atoms with Crippen LogP contribution in [-0.2, 0) is 6.54 Å². The van der Waals surface area contributed by atoms with E-state index in [4.69, 9.17) is 0 Å². The van der Waals surface area contributed by atoms with Gasteiger partial charge in [-0.2, -0.15) is 0 Å². The minimum atomic E-state index is 0.275. The molecule has 0 aromatic heterocycles. The van der Waals surface area contributed by atoms with Gasteiger partial charge in [-0.25, -0.2) is 4.99 Å². The number of phenols is 1. The Morgan fingerprint density at radius 3 is 2.81 bits per heavy atom. The number of benzene rings is 2. The normalized spacial score (nSPS) is 17.4. The first kappa shape index (κ1) is 18.6. The van der Waals surface area contributed by atoms with Crippen LogP contribution < -0.4 is 15.5 Å². The fourth-order valence-corrected chi connectivity index (χ4v) is 3.37. The molecule has 1 aliphatic heterocycles. The Bertz CT molecular complexity index is 748. The van der Waals surface area contributed by atoms with Gasteiger partial charge in [0.15, 0.2) is 5.96 Å². The molecule has 1 aliphatic rings. The third-order valence-electron chi connectivity index (χ3n) is 4.40. The van der Waals surface area contributed by atoms with Crippen molar-refractivity contribution in [2.24, 2.45) is 4.99 Å². The molecule has 2 aromatic carbocycles. The molecule has 2 aromatic rings. The predicted octanol–water partition coefficient (Wildman–Crippen LogP) is 3.49. The van der Waals surface area contributed by atoms with Gasteiger partial charge in [0.1, 0.15) is 5.75 Å². The summed E-state index contributed by atoms with van der Waals surface area (Å²) >= 11 is 3.49. The number of hydrogen-bond donors (Lipinski definition) is 3. The number of aromatic hydroxyl groups is 1. The number of phenolic OH excluding ortho intramolecular Hbond substituents is 1. The molecule has 0 aliphatic carbocycles. The van der Waals surface area contributed by atoms with E-state index < -0.39 is 0 Å². The lowest BCUT2D eigenvalue weighted by Crippen LogP contribution is -2.44. The van der Waals surface area contributed by atoms with E-state index in [1.165, 1.54) is 5.69 Å². The zero-order valence-electron chi connectivity index (χ0n) is 15.0. The lowest BCUT2D eigenvalue weighted by molar-refractivity contribution is 0.474. The number of nitrogens with zero attached hydrogens (tertiary/aromatic N) is 2. The molecule has 1 heterocycles. The molecule has 1 saturated heterocycles. The summed E-state index contributed by atoms with van der Waals surface area (Å²) in [7, 11) is 0. The number of hydrogen-bond acceptors (Lipinski definition) is 3. The second-order valence-electron chi connectivity index (χ2n) is 6.42. The third kappa shape index (κ3) is 5.14. The quantitative estimate of drug-likeness (QED) is 0.515. The number of anilines is 1. The van der Waals surface area contributed by atoms with Gasteiger partial charge in [-0.1, -0.05) is 28.1 Å². The average Bonchev–Trinajstić information content (AvgIpc) is 3.09. The van der Waals surface area contributed by atoms with Crippen molar-refractivity contribution in [1.82, 2.24) is 10.6 Å². The molecule has 3 N–H and O–H groups in total. The van der Waals surface area contributed by atoms with Gasteiger partial charge in [0.25, 0.3) is 0 Å². The number of rotatable bonds is 5. The highest BCUT2D eigenvalue weighted by Gasteiger charge is 2.23. The maximum Gasteiger partial charge on any atom is 0.191 e. The van der Waals surface area contributed by atoms with Crippen molar-refractivity contribution < 1.29 is 5.11 Å². The summed E-state index contributed by atoms with van der Waals surface area (Å²) in [6, 6.07) is 16.0. The zero-order valence-corrected chi connectivity index (χ0v) is 16.5. The summed E-state index contributed by atoms with van der Waals surface area (Å²) < 4.78 is 1.10. The van der Waals surface area contributed by atoms with Crippen LogP contribution in [0.1, 0.15) is 18.9 Å². The monoisotopic (exact) mass is 416 g/mol. The van der Waals surface area contributed by atoms with Crippen molar-refractivity contribution in [2.75, 3.05) is 24.5 Å².